The molecule has 0 saturated carbocycles. The molecule has 2 rings (SSSR count). The molecule has 25 heavy (non-hydrogen) atoms. The van der Waals surface area contributed by atoms with Gasteiger partial charge in [0.25, 0.3) is 6.43 Å². The van der Waals surface area contributed by atoms with Crippen LogP contribution in [0, 0.1) is 0 Å². The molecule has 0 heterocycles. The Morgan fingerprint density at radius 2 is 0.920 bits per heavy atom. The average molecular weight is 356 g/mol. The van der Waals surface area contributed by atoms with Crippen molar-refractivity contribution in [3.8, 4) is 0 Å². The van der Waals surface area contributed by atoms with E-state index in [1.54, 1.807) is 12.1 Å². The molecule has 0 bridgehead atoms. The highest BCUT2D eigenvalue weighted by Gasteiger charge is 2.40. The van der Waals surface area contributed by atoms with Crippen molar-refractivity contribution in [2.24, 2.45) is 0 Å². The van der Waals surface area contributed by atoms with E-state index in [0.29, 0.717) is 0 Å². The minimum atomic E-state index is -4.37. The molecule has 0 atom stereocenters. The van der Waals surface area contributed by atoms with Crippen LogP contribution in [0.3, 0.4) is 0 Å². The van der Waals surface area contributed by atoms with Gasteiger partial charge in [0.1, 0.15) is 0 Å². The maximum absolute atomic E-state index is 12.8. The lowest BCUT2D eigenvalue weighted by Gasteiger charge is -2.43. The number of alkyl halides is 5. The van der Waals surface area contributed by atoms with Crippen LogP contribution in [0.5, 0.6) is 0 Å². The summed E-state index contributed by atoms with van der Waals surface area (Å²) in [6.07, 6.45) is -6.90. The largest absolute Gasteiger partial charge is 0.416 e. The Morgan fingerprint density at radius 3 is 1.24 bits per heavy atom. The molecule has 0 spiro atoms. The molecule has 0 aliphatic heterocycles. The second-order valence-electron chi connectivity index (χ2n) is 7.25. The van der Waals surface area contributed by atoms with Gasteiger partial charge in [0.05, 0.1) is 5.56 Å². The third kappa shape index (κ3) is 3.70. The Bertz CT molecular complexity index is 707. The van der Waals surface area contributed by atoms with Crippen LogP contribution in [0.2, 0.25) is 0 Å². The smallest absolute Gasteiger partial charge is 0.205 e. The summed E-state index contributed by atoms with van der Waals surface area (Å²) in [6, 6.07) is 11.2. The molecule has 2 aromatic rings. The van der Waals surface area contributed by atoms with Crippen LogP contribution >= 0.6 is 0 Å². The number of rotatable bonds is 4. The first-order valence-electron chi connectivity index (χ1n) is 7.93. The SMILES string of the molecule is CC(C)(c1ccc(C(F)F)cc1)C(C)(C)c1ccc(C(F)(F)F)cc1. The van der Waals surface area contributed by atoms with E-state index in [2.05, 4.69) is 0 Å². The van der Waals surface area contributed by atoms with Crippen molar-refractivity contribution in [1.82, 2.24) is 0 Å². The molecule has 2 aromatic carbocycles. The van der Waals surface area contributed by atoms with Crippen LogP contribution in [0.25, 0.3) is 0 Å². The van der Waals surface area contributed by atoms with E-state index >= 15 is 0 Å². The van der Waals surface area contributed by atoms with Crippen molar-refractivity contribution in [3.63, 3.8) is 0 Å². The minimum absolute atomic E-state index is 0.0492. The summed E-state index contributed by atoms with van der Waals surface area (Å²) in [5, 5.41) is 0. The molecule has 0 N–H and O–H groups in total. The highest BCUT2D eigenvalue weighted by Crippen LogP contribution is 2.44. The summed E-state index contributed by atoms with van der Waals surface area (Å²) in [5.74, 6) is 0. The molecule has 0 saturated heterocycles. The first-order valence-corrected chi connectivity index (χ1v) is 7.93. The van der Waals surface area contributed by atoms with Crippen molar-refractivity contribution < 1.29 is 22.0 Å². The van der Waals surface area contributed by atoms with Gasteiger partial charge in [0, 0.05) is 5.56 Å². The Balaban J connectivity index is 2.39. The molecule has 0 amide bonds. The molecular formula is C20H21F5. The van der Waals surface area contributed by atoms with Gasteiger partial charge in [-0.1, -0.05) is 64.1 Å². The first kappa shape index (κ1) is 19.4. The van der Waals surface area contributed by atoms with Crippen LogP contribution in [-0.2, 0) is 17.0 Å². The Labute approximate surface area is 144 Å². The van der Waals surface area contributed by atoms with Gasteiger partial charge in [-0.05, 0) is 34.1 Å². The fraction of sp³-hybridized carbons (Fsp3) is 0.400. The van der Waals surface area contributed by atoms with E-state index in [4.69, 9.17) is 0 Å². The highest BCUT2D eigenvalue weighted by molar-refractivity contribution is 5.39. The summed E-state index contributed by atoms with van der Waals surface area (Å²) >= 11 is 0. The van der Waals surface area contributed by atoms with Crippen LogP contribution in [-0.4, -0.2) is 0 Å². The van der Waals surface area contributed by atoms with Gasteiger partial charge in [0.15, 0.2) is 0 Å². The van der Waals surface area contributed by atoms with Gasteiger partial charge in [0.2, 0.25) is 0 Å². The van der Waals surface area contributed by atoms with Crippen molar-refractivity contribution >= 4 is 0 Å². The predicted octanol–water partition coefficient (Wildman–Crippen LogP) is 6.90. The van der Waals surface area contributed by atoms with Gasteiger partial charge >= 0.3 is 6.18 Å². The lowest BCUT2D eigenvalue weighted by atomic mass is 9.61. The Kier molecular flexibility index (Phi) is 4.99. The summed E-state index contributed by atoms with van der Waals surface area (Å²) in [6.45, 7) is 7.80. The second-order valence-corrected chi connectivity index (χ2v) is 7.25. The normalized spacial score (nSPS) is 13.4. The van der Waals surface area contributed by atoms with Gasteiger partial charge in [-0.15, -0.1) is 0 Å². The van der Waals surface area contributed by atoms with E-state index in [1.807, 2.05) is 27.7 Å². The van der Waals surface area contributed by atoms with E-state index in [9.17, 15) is 22.0 Å². The van der Waals surface area contributed by atoms with Crippen LogP contribution in [0.1, 0.15) is 56.4 Å². The van der Waals surface area contributed by atoms with Crippen molar-refractivity contribution in [1.29, 1.82) is 0 Å². The average Bonchev–Trinajstić information content (AvgIpc) is 2.54. The van der Waals surface area contributed by atoms with Crippen molar-refractivity contribution in [2.75, 3.05) is 0 Å². The fourth-order valence-corrected chi connectivity index (χ4v) is 2.84. The van der Waals surface area contributed by atoms with Crippen molar-refractivity contribution in [2.45, 2.75) is 51.1 Å². The van der Waals surface area contributed by atoms with Gasteiger partial charge in [-0.3, -0.25) is 0 Å². The number of benzene rings is 2. The molecule has 0 unspecified atom stereocenters. The molecule has 136 valence electrons. The quantitative estimate of drug-likeness (QED) is 0.523. The molecule has 5 heteroatoms. The van der Waals surface area contributed by atoms with Crippen LogP contribution in [0.4, 0.5) is 22.0 Å². The standard InChI is InChI=1S/C20H21F5/c1-18(2,14-7-5-13(6-8-14)17(21)22)19(3,4)15-9-11-16(12-10-15)20(23,24)25/h5-12,17H,1-4H3. The van der Waals surface area contributed by atoms with Crippen LogP contribution in [0.15, 0.2) is 48.5 Å². The van der Waals surface area contributed by atoms with Gasteiger partial charge < -0.3 is 0 Å². The van der Waals surface area contributed by atoms with Crippen LogP contribution < -0.4 is 0 Å². The van der Waals surface area contributed by atoms with E-state index in [1.165, 1.54) is 24.3 Å². The molecule has 0 aliphatic carbocycles. The number of hydrogen-bond donors (Lipinski definition) is 0. The minimum Gasteiger partial charge on any atom is -0.205 e. The topological polar surface area (TPSA) is 0 Å². The lowest BCUT2D eigenvalue weighted by molar-refractivity contribution is -0.137. The monoisotopic (exact) mass is 356 g/mol. The summed E-state index contributed by atoms with van der Waals surface area (Å²) < 4.78 is 63.7. The molecule has 0 aliphatic rings. The summed E-state index contributed by atoms with van der Waals surface area (Å²) in [5.41, 5.74) is -0.125. The fourth-order valence-electron chi connectivity index (χ4n) is 2.84. The molecular weight excluding hydrogens is 335 g/mol. The van der Waals surface area contributed by atoms with E-state index in [0.717, 1.165) is 23.3 Å². The zero-order valence-corrected chi connectivity index (χ0v) is 14.6. The van der Waals surface area contributed by atoms with E-state index < -0.39 is 29.0 Å². The maximum atomic E-state index is 12.8. The first-order chi connectivity index (χ1) is 11.4. The molecule has 0 aromatic heterocycles. The highest BCUT2D eigenvalue weighted by atomic mass is 19.4. The summed E-state index contributed by atoms with van der Waals surface area (Å²) in [4.78, 5) is 0. The molecule has 0 nitrogen and oxygen atoms in total. The third-order valence-corrected chi connectivity index (χ3v) is 5.38. The zero-order chi connectivity index (χ0) is 19.0. The zero-order valence-electron chi connectivity index (χ0n) is 14.6. The number of halogens is 5. The summed E-state index contributed by atoms with van der Waals surface area (Å²) in [7, 11) is 0. The third-order valence-electron chi connectivity index (χ3n) is 5.38. The number of hydrogen-bond acceptors (Lipinski definition) is 0. The molecule has 0 radical (unpaired) electrons. The molecule has 0 fully saturated rings. The van der Waals surface area contributed by atoms with E-state index in [-0.39, 0.29) is 5.56 Å². The Morgan fingerprint density at radius 1 is 0.600 bits per heavy atom. The predicted molar refractivity (Wildman–Crippen MR) is 88.9 cm³/mol. The van der Waals surface area contributed by atoms with Gasteiger partial charge in [-0.25, -0.2) is 8.78 Å². The van der Waals surface area contributed by atoms with Gasteiger partial charge in [-0.2, -0.15) is 13.2 Å². The van der Waals surface area contributed by atoms with Crippen molar-refractivity contribution in [3.05, 3.63) is 70.8 Å². The Hall–Kier alpha value is -1.91. The maximum Gasteiger partial charge on any atom is 0.416 e. The lowest BCUT2D eigenvalue weighted by Crippen LogP contribution is -2.40. The second kappa shape index (κ2) is 6.43.